The van der Waals surface area contributed by atoms with Crippen LogP contribution < -0.4 is 16.2 Å². The minimum absolute atomic E-state index is 0.0718. The van der Waals surface area contributed by atoms with Crippen LogP contribution in [-0.2, 0) is 13.6 Å². The Balaban J connectivity index is 1.90. The van der Waals surface area contributed by atoms with Gasteiger partial charge in [0.2, 0.25) is 5.56 Å². The minimum Gasteiger partial charge on any atom is -0.334 e. The molecule has 0 unspecified atom stereocenters. The van der Waals surface area contributed by atoms with Crippen LogP contribution in [0.3, 0.4) is 0 Å². The highest BCUT2D eigenvalue weighted by Crippen LogP contribution is 2.04. The number of nitrogens with zero attached hydrogens (tertiary/aromatic N) is 1. The van der Waals surface area contributed by atoms with E-state index in [0.29, 0.717) is 6.54 Å². The quantitative estimate of drug-likeness (QED) is 0.879. The van der Waals surface area contributed by atoms with Gasteiger partial charge in [0.1, 0.15) is 0 Å². The molecule has 5 nitrogen and oxygen atoms in total. The van der Waals surface area contributed by atoms with E-state index in [9.17, 15) is 9.59 Å². The largest absolute Gasteiger partial charge is 0.334 e. The first kappa shape index (κ1) is 12.9. The Kier molecular flexibility index (Phi) is 3.97. The van der Waals surface area contributed by atoms with E-state index in [1.807, 2.05) is 30.3 Å². The molecule has 0 fully saturated rings. The second-order valence-corrected chi connectivity index (χ2v) is 4.16. The molecule has 2 aromatic rings. The molecule has 1 aromatic heterocycles. The van der Waals surface area contributed by atoms with Gasteiger partial charge in [-0.25, -0.2) is 4.79 Å². The molecule has 0 aliphatic rings. The third-order valence-corrected chi connectivity index (χ3v) is 2.63. The molecule has 2 rings (SSSR count). The third kappa shape index (κ3) is 3.70. The lowest BCUT2D eigenvalue weighted by Crippen LogP contribution is -2.28. The van der Waals surface area contributed by atoms with Gasteiger partial charge in [-0.2, -0.15) is 0 Å². The van der Waals surface area contributed by atoms with Crippen molar-refractivity contribution in [3.8, 4) is 0 Å². The lowest BCUT2D eigenvalue weighted by Gasteiger charge is -2.08. The van der Waals surface area contributed by atoms with Gasteiger partial charge in [-0.1, -0.05) is 24.3 Å². The Bertz CT molecular complexity index is 620. The Labute approximate surface area is 110 Å². The van der Waals surface area contributed by atoms with Crippen molar-refractivity contribution in [2.24, 2.45) is 7.05 Å². The van der Waals surface area contributed by atoms with Crippen LogP contribution in [-0.4, -0.2) is 10.6 Å². The zero-order valence-electron chi connectivity index (χ0n) is 10.6. The minimum atomic E-state index is -0.278. The molecule has 0 saturated carbocycles. The smallest absolute Gasteiger partial charge is 0.319 e. The van der Waals surface area contributed by atoms with Crippen molar-refractivity contribution in [3.05, 3.63) is 64.6 Å². The number of hydrogen-bond donors (Lipinski definition) is 2. The number of benzene rings is 1. The maximum absolute atomic E-state index is 11.6. The van der Waals surface area contributed by atoms with E-state index in [4.69, 9.17) is 0 Å². The van der Waals surface area contributed by atoms with Gasteiger partial charge in [-0.05, 0) is 17.7 Å². The van der Waals surface area contributed by atoms with Crippen LogP contribution in [0.1, 0.15) is 5.56 Å². The van der Waals surface area contributed by atoms with Crippen LogP contribution in [0.4, 0.5) is 10.5 Å². The number of amides is 2. The lowest BCUT2D eigenvalue weighted by molar-refractivity contribution is 0.251. The molecule has 0 bridgehead atoms. The van der Waals surface area contributed by atoms with E-state index >= 15 is 0 Å². The Morgan fingerprint density at radius 2 is 1.89 bits per heavy atom. The van der Waals surface area contributed by atoms with Crippen LogP contribution in [0.2, 0.25) is 0 Å². The van der Waals surface area contributed by atoms with Gasteiger partial charge in [0.15, 0.2) is 0 Å². The highest BCUT2D eigenvalue weighted by Gasteiger charge is 2.01. The van der Waals surface area contributed by atoms with E-state index in [2.05, 4.69) is 10.6 Å². The normalized spacial score (nSPS) is 9.95. The first-order valence-electron chi connectivity index (χ1n) is 5.90. The molecule has 98 valence electrons. The SMILES string of the molecule is Cn1cc(CNC(=O)Nc2ccccc2)ccc1=O. The standard InChI is InChI=1S/C14H15N3O2/c1-17-10-11(7-8-13(17)18)9-15-14(19)16-12-5-3-2-4-6-12/h2-8,10H,9H2,1H3,(H2,15,16,19). The highest BCUT2D eigenvalue weighted by atomic mass is 16.2. The number of carbonyl (C=O) groups excluding carboxylic acids is 1. The first-order chi connectivity index (χ1) is 9.15. The van der Waals surface area contributed by atoms with Crippen LogP contribution >= 0.6 is 0 Å². The van der Waals surface area contributed by atoms with Gasteiger partial charge in [0, 0.05) is 31.5 Å². The summed E-state index contributed by atoms with van der Waals surface area (Å²) in [4.78, 5) is 22.9. The maximum atomic E-state index is 11.6. The average molecular weight is 257 g/mol. The Morgan fingerprint density at radius 1 is 1.16 bits per heavy atom. The number of aromatic nitrogens is 1. The number of aryl methyl sites for hydroxylation is 1. The number of urea groups is 1. The van der Waals surface area contributed by atoms with Gasteiger partial charge in [0.25, 0.3) is 0 Å². The van der Waals surface area contributed by atoms with Gasteiger partial charge in [-0.3, -0.25) is 4.79 Å². The summed E-state index contributed by atoms with van der Waals surface area (Å²) in [6.45, 7) is 0.368. The van der Waals surface area contributed by atoms with E-state index in [0.717, 1.165) is 11.3 Å². The van der Waals surface area contributed by atoms with Crippen molar-refractivity contribution in [2.45, 2.75) is 6.54 Å². The fourth-order valence-corrected chi connectivity index (χ4v) is 1.63. The number of anilines is 1. The summed E-state index contributed by atoms with van der Waals surface area (Å²) in [6.07, 6.45) is 1.70. The van der Waals surface area contributed by atoms with Gasteiger partial charge in [0.05, 0.1) is 0 Å². The van der Waals surface area contributed by atoms with Crippen molar-refractivity contribution in [3.63, 3.8) is 0 Å². The summed E-state index contributed by atoms with van der Waals surface area (Å²) in [7, 11) is 1.68. The topological polar surface area (TPSA) is 63.1 Å². The van der Waals surface area contributed by atoms with Crippen LogP contribution in [0.25, 0.3) is 0 Å². The molecule has 0 aliphatic heterocycles. The summed E-state index contributed by atoms with van der Waals surface area (Å²) in [5.74, 6) is 0. The number of nitrogens with one attached hydrogen (secondary N) is 2. The molecule has 0 saturated heterocycles. The zero-order valence-corrected chi connectivity index (χ0v) is 10.6. The number of hydrogen-bond acceptors (Lipinski definition) is 2. The fourth-order valence-electron chi connectivity index (χ4n) is 1.63. The Morgan fingerprint density at radius 3 is 2.58 bits per heavy atom. The number of para-hydroxylation sites is 1. The fraction of sp³-hybridized carbons (Fsp3) is 0.143. The predicted octanol–water partition coefficient (Wildman–Crippen LogP) is 1.71. The van der Waals surface area contributed by atoms with Crippen molar-refractivity contribution >= 4 is 11.7 Å². The molecule has 2 N–H and O–H groups in total. The van der Waals surface area contributed by atoms with Crippen LogP contribution in [0.5, 0.6) is 0 Å². The molecule has 0 aliphatic carbocycles. The summed E-state index contributed by atoms with van der Waals surface area (Å²) in [6, 6.07) is 12.1. The summed E-state index contributed by atoms with van der Waals surface area (Å²) < 4.78 is 1.48. The van der Waals surface area contributed by atoms with Gasteiger partial charge >= 0.3 is 6.03 Å². The Hall–Kier alpha value is -2.56. The van der Waals surface area contributed by atoms with E-state index in [1.54, 1.807) is 19.3 Å². The van der Waals surface area contributed by atoms with Gasteiger partial charge < -0.3 is 15.2 Å². The van der Waals surface area contributed by atoms with E-state index in [-0.39, 0.29) is 11.6 Å². The monoisotopic (exact) mass is 257 g/mol. The zero-order chi connectivity index (χ0) is 13.7. The summed E-state index contributed by atoms with van der Waals surface area (Å²) in [5.41, 5.74) is 1.53. The molecule has 0 atom stereocenters. The van der Waals surface area contributed by atoms with Crippen molar-refractivity contribution in [1.82, 2.24) is 9.88 Å². The number of pyridine rings is 1. The van der Waals surface area contributed by atoms with Gasteiger partial charge in [-0.15, -0.1) is 0 Å². The van der Waals surface area contributed by atoms with Crippen molar-refractivity contribution < 1.29 is 4.79 Å². The van der Waals surface area contributed by atoms with E-state index in [1.165, 1.54) is 10.6 Å². The molecule has 19 heavy (non-hydrogen) atoms. The molecule has 0 radical (unpaired) electrons. The van der Waals surface area contributed by atoms with Crippen LogP contribution in [0.15, 0.2) is 53.5 Å². The maximum Gasteiger partial charge on any atom is 0.319 e. The van der Waals surface area contributed by atoms with Crippen molar-refractivity contribution in [1.29, 1.82) is 0 Å². The highest BCUT2D eigenvalue weighted by molar-refractivity contribution is 5.89. The second-order valence-electron chi connectivity index (χ2n) is 4.16. The molecule has 5 heteroatoms. The molecule has 2 amide bonds. The molecule has 0 spiro atoms. The number of rotatable bonds is 3. The predicted molar refractivity (Wildman–Crippen MR) is 74.0 cm³/mol. The molecule has 1 heterocycles. The summed E-state index contributed by atoms with van der Waals surface area (Å²) >= 11 is 0. The average Bonchev–Trinajstić information content (AvgIpc) is 2.41. The molecular formula is C14H15N3O2. The first-order valence-corrected chi connectivity index (χ1v) is 5.90. The number of carbonyl (C=O) groups is 1. The molecular weight excluding hydrogens is 242 g/mol. The van der Waals surface area contributed by atoms with Crippen molar-refractivity contribution in [2.75, 3.05) is 5.32 Å². The van der Waals surface area contributed by atoms with E-state index < -0.39 is 0 Å². The lowest BCUT2D eigenvalue weighted by atomic mass is 10.3. The second kappa shape index (κ2) is 5.86. The van der Waals surface area contributed by atoms with Crippen LogP contribution in [0, 0.1) is 0 Å². The molecule has 1 aromatic carbocycles. The third-order valence-electron chi connectivity index (χ3n) is 2.63. The summed E-state index contributed by atoms with van der Waals surface area (Å²) in [5, 5.41) is 5.45.